The number of likely N-dealkylation sites (tertiary alicyclic amines) is 1. The molecule has 0 radical (unpaired) electrons. The molecule has 2 fully saturated rings. The van der Waals surface area contributed by atoms with E-state index in [2.05, 4.69) is 37.2 Å². The highest BCUT2D eigenvalue weighted by molar-refractivity contribution is 14.0. The van der Waals surface area contributed by atoms with Gasteiger partial charge in [-0.3, -0.25) is 4.99 Å². The van der Waals surface area contributed by atoms with E-state index < -0.39 is 0 Å². The molecule has 2 heterocycles. The number of rotatable bonds is 5. The number of guanidine groups is 1. The van der Waals surface area contributed by atoms with Crippen molar-refractivity contribution in [1.82, 2.24) is 10.2 Å². The predicted molar refractivity (Wildman–Crippen MR) is 112 cm³/mol. The smallest absolute Gasteiger partial charge is 0.193 e. The van der Waals surface area contributed by atoms with Crippen molar-refractivity contribution in [3.8, 4) is 0 Å². The molecule has 1 atom stereocenters. The fourth-order valence-corrected chi connectivity index (χ4v) is 4.08. The minimum Gasteiger partial charge on any atom is -0.381 e. The van der Waals surface area contributed by atoms with E-state index in [0.29, 0.717) is 5.41 Å². The fraction of sp³-hybridized carbons (Fsp3) is 0.941. The molecule has 4 nitrogen and oxygen atoms in total. The Balaban J connectivity index is 0.00000264. The minimum atomic E-state index is 0. The van der Waals surface area contributed by atoms with Crippen LogP contribution in [-0.2, 0) is 4.74 Å². The zero-order valence-electron chi connectivity index (χ0n) is 15.2. The number of thioether (sulfide) groups is 1. The number of hydrogen-bond acceptors (Lipinski definition) is 3. The average Bonchev–Trinajstić information content (AvgIpc) is 2.95. The van der Waals surface area contributed by atoms with E-state index in [-0.39, 0.29) is 28.7 Å². The van der Waals surface area contributed by atoms with Crippen LogP contribution in [0.2, 0.25) is 0 Å². The summed E-state index contributed by atoms with van der Waals surface area (Å²) in [6.07, 6.45) is 6.97. The molecule has 0 aromatic heterocycles. The summed E-state index contributed by atoms with van der Waals surface area (Å²) in [7, 11) is 0. The second-order valence-electron chi connectivity index (χ2n) is 7.01. The lowest BCUT2D eigenvalue weighted by Gasteiger charge is -2.35. The van der Waals surface area contributed by atoms with E-state index in [1.54, 1.807) is 0 Å². The van der Waals surface area contributed by atoms with Crippen molar-refractivity contribution in [1.29, 1.82) is 0 Å². The Kier molecular flexibility index (Phi) is 9.01. The Bertz CT molecular complexity index is 388. The lowest BCUT2D eigenvalue weighted by atomic mass is 9.87. The average molecular weight is 455 g/mol. The summed E-state index contributed by atoms with van der Waals surface area (Å²) in [4.78, 5) is 7.48. The molecule has 6 heteroatoms. The second-order valence-corrected chi connectivity index (χ2v) is 8.28. The summed E-state index contributed by atoms with van der Waals surface area (Å²) in [5, 5.41) is 3.50. The van der Waals surface area contributed by atoms with E-state index >= 15 is 0 Å². The molecule has 23 heavy (non-hydrogen) atoms. The van der Waals surface area contributed by atoms with Gasteiger partial charge in [-0.25, -0.2) is 0 Å². The van der Waals surface area contributed by atoms with Gasteiger partial charge in [0, 0.05) is 37.6 Å². The third-order valence-electron chi connectivity index (χ3n) is 5.40. The molecule has 0 aromatic rings. The van der Waals surface area contributed by atoms with Crippen molar-refractivity contribution in [3.63, 3.8) is 0 Å². The maximum Gasteiger partial charge on any atom is 0.193 e. The van der Waals surface area contributed by atoms with Gasteiger partial charge in [0.1, 0.15) is 0 Å². The number of aliphatic imine (C=N–C) groups is 1. The lowest BCUT2D eigenvalue weighted by molar-refractivity contribution is 0.0793. The van der Waals surface area contributed by atoms with Crippen LogP contribution in [0.4, 0.5) is 0 Å². The zero-order chi connectivity index (χ0) is 16.1. The highest BCUT2D eigenvalue weighted by Crippen LogP contribution is 2.35. The second kappa shape index (κ2) is 9.70. The predicted octanol–water partition coefficient (Wildman–Crippen LogP) is 3.60. The summed E-state index contributed by atoms with van der Waals surface area (Å²) in [6.45, 7) is 12.7. The van der Waals surface area contributed by atoms with Crippen LogP contribution in [-0.4, -0.2) is 61.3 Å². The van der Waals surface area contributed by atoms with Crippen LogP contribution in [0, 0.1) is 5.41 Å². The molecule has 136 valence electrons. The normalized spacial score (nSPS) is 27.7. The van der Waals surface area contributed by atoms with Gasteiger partial charge in [-0.2, -0.15) is 11.8 Å². The lowest BCUT2D eigenvalue weighted by Crippen LogP contribution is -2.43. The van der Waals surface area contributed by atoms with Crippen molar-refractivity contribution >= 4 is 41.7 Å². The van der Waals surface area contributed by atoms with Crippen LogP contribution in [0.25, 0.3) is 0 Å². The summed E-state index contributed by atoms with van der Waals surface area (Å²) < 4.78 is 5.81. The van der Waals surface area contributed by atoms with E-state index in [1.807, 2.05) is 11.8 Å². The van der Waals surface area contributed by atoms with Gasteiger partial charge < -0.3 is 15.0 Å². The Labute approximate surface area is 163 Å². The highest BCUT2D eigenvalue weighted by Gasteiger charge is 2.35. The molecule has 0 spiro atoms. The molecule has 0 aliphatic carbocycles. The highest BCUT2D eigenvalue weighted by atomic mass is 127. The SMILES string of the molecule is CCNC(=NCC1(SC)CCOCC1)N1CCC(C)(CC)C1.I. The van der Waals surface area contributed by atoms with Gasteiger partial charge in [0.15, 0.2) is 5.96 Å². The number of halogens is 1. The first-order chi connectivity index (χ1) is 10.6. The molecule has 0 amide bonds. The third-order valence-corrected chi connectivity index (χ3v) is 6.80. The molecule has 2 rings (SSSR count). The van der Waals surface area contributed by atoms with Gasteiger partial charge in [-0.15, -0.1) is 24.0 Å². The van der Waals surface area contributed by atoms with E-state index in [4.69, 9.17) is 9.73 Å². The van der Waals surface area contributed by atoms with Gasteiger partial charge in [0.2, 0.25) is 0 Å². The zero-order valence-corrected chi connectivity index (χ0v) is 18.3. The molecule has 1 N–H and O–H groups in total. The van der Waals surface area contributed by atoms with Gasteiger partial charge >= 0.3 is 0 Å². The molecule has 2 saturated heterocycles. The Morgan fingerprint density at radius 3 is 2.48 bits per heavy atom. The molecule has 2 aliphatic heterocycles. The first kappa shape index (κ1) is 21.4. The van der Waals surface area contributed by atoms with E-state index in [0.717, 1.165) is 58.2 Å². The molecule has 0 aromatic carbocycles. The van der Waals surface area contributed by atoms with Crippen molar-refractivity contribution in [2.75, 3.05) is 45.6 Å². The molecule has 1 unspecified atom stereocenters. The van der Waals surface area contributed by atoms with Crippen molar-refractivity contribution in [3.05, 3.63) is 0 Å². The van der Waals surface area contributed by atoms with Crippen LogP contribution in [0.3, 0.4) is 0 Å². The minimum absolute atomic E-state index is 0. The fourth-order valence-electron chi connectivity index (χ4n) is 3.31. The van der Waals surface area contributed by atoms with Crippen molar-refractivity contribution in [2.45, 2.75) is 51.2 Å². The van der Waals surface area contributed by atoms with Gasteiger partial charge in [-0.05, 0) is 44.3 Å². The maximum absolute atomic E-state index is 5.53. The van der Waals surface area contributed by atoms with E-state index in [9.17, 15) is 0 Å². The maximum atomic E-state index is 5.53. The topological polar surface area (TPSA) is 36.9 Å². The van der Waals surface area contributed by atoms with Crippen LogP contribution >= 0.6 is 35.7 Å². The number of nitrogens with one attached hydrogen (secondary N) is 1. The standard InChI is InChI=1S/C17H33N3OS.HI/c1-5-16(3)7-10-20(14-16)15(18-6-2)19-13-17(22-4)8-11-21-12-9-17;/h5-14H2,1-4H3,(H,18,19);1H. The van der Waals surface area contributed by atoms with Gasteiger partial charge in [0.05, 0.1) is 6.54 Å². The van der Waals surface area contributed by atoms with Gasteiger partial charge in [-0.1, -0.05) is 13.8 Å². The van der Waals surface area contributed by atoms with Gasteiger partial charge in [0.25, 0.3) is 0 Å². The first-order valence-corrected chi connectivity index (χ1v) is 9.95. The number of hydrogen-bond donors (Lipinski definition) is 1. The quantitative estimate of drug-likeness (QED) is 0.391. The third kappa shape index (κ3) is 5.66. The Hall–Kier alpha value is 0.310. The van der Waals surface area contributed by atoms with Crippen LogP contribution in [0.5, 0.6) is 0 Å². The summed E-state index contributed by atoms with van der Waals surface area (Å²) in [5.41, 5.74) is 0.450. The Morgan fingerprint density at radius 2 is 1.96 bits per heavy atom. The Morgan fingerprint density at radius 1 is 1.26 bits per heavy atom. The summed E-state index contributed by atoms with van der Waals surface area (Å²) in [5.74, 6) is 1.11. The molecular weight excluding hydrogens is 421 g/mol. The van der Waals surface area contributed by atoms with Crippen molar-refractivity contribution < 1.29 is 4.74 Å². The summed E-state index contributed by atoms with van der Waals surface area (Å²) >= 11 is 1.97. The van der Waals surface area contributed by atoms with Crippen LogP contribution in [0.1, 0.15) is 46.5 Å². The van der Waals surface area contributed by atoms with E-state index in [1.165, 1.54) is 12.8 Å². The molecular formula is C17H34IN3OS. The molecule has 2 aliphatic rings. The largest absolute Gasteiger partial charge is 0.381 e. The number of ether oxygens (including phenoxy) is 1. The van der Waals surface area contributed by atoms with Crippen LogP contribution in [0.15, 0.2) is 4.99 Å². The molecule has 0 saturated carbocycles. The monoisotopic (exact) mass is 455 g/mol. The number of nitrogens with zero attached hydrogens (tertiary/aromatic N) is 2. The molecule has 0 bridgehead atoms. The summed E-state index contributed by atoms with van der Waals surface area (Å²) in [6, 6.07) is 0. The van der Waals surface area contributed by atoms with Crippen LogP contribution < -0.4 is 5.32 Å². The first-order valence-electron chi connectivity index (χ1n) is 8.72. The van der Waals surface area contributed by atoms with Crippen molar-refractivity contribution in [2.24, 2.45) is 10.4 Å².